The van der Waals surface area contributed by atoms with Gasteiger partial charge in [0.2, 0.25) is 11.0 Å². The van der Waals surface area contributed by atoms with Gasteiger partial charge in [0.15, 0.2) is 4.34 Å². The van der Waals surface area contributed by atoms with Gasteiger partial charge < -0.3 is 0 Å². The first-order valence-corrected chi connectivity index (χ1v) is 8.18. The van der Waals surface area contributed by atoms with E-state index >= 15 is 0 Å². The van der Waals surface area contributed by atoms with Crippen molar-refractivity contribution in [2.24, 2.45) is 0 Å². The topological polar surface area (TPSA) is 54.9 Å². The SMILES string of the molecule is C/C=C/C=C/C(=O)Nc1nnc(SCc2ccccc2)s1. The van der Waals surface area contributed by atoms with Gasteiger partial charge in [-0.05, 0) is 12.5 Å². The Kier molecular flexibility index (Phi) is 6.18. The van der Waals surface area contributed by atoms with Crippen molar-refractivity contribution in [2.75, 3.05) is 5.32 Å². The number of carbonyl (C=O) groups excluding carboxylic acids is 1. The zero-order valence-corrected chi connectivity index (χ0v) is 13.2. The van der Waals surface area contributed by atoms with Crippen LogP contribution in [0, 0.1) is 0 Å². The van der Waals surface area contributed by atoms with Gasteiger partial charge in [-0.3, -0.25) is 10.1 Å². The van der Waals surface area contributed by atoms with Crippen LogP contribution in [-0.4, -0.2) is 16.1 Å². The van der Waals surface area contributed by atoms with Crippen molar-refractivity contribution in [3.8, 4) is 0 Å². The average molecular weight is 317 g/mol. The molecule has 0 fully saturated rings. The fourth-order valence-electron chi connectivity index (χ4n) is 1.44. The molecule has 2 rings (SSSR count). The minimum absolute atomic E-state index is 0.205. The van der Waals surface area contributed by atoms with Crippen LogP contribution in [0.1, 0.15) is 12.5 Å². The van der Waals surface area contributed by atoms with E-state index < -0.39 is 0 Å². The standard InChI is InChI=1S/C15H15N3OS2/c1-2-3-5-10-13(19)16-14-17-18-15(21-14)20-11-12-8-6-4-7-9-12/h2-10H,11H2,1H3,(H,16,17,19)/b3-2+,10-5+. The number of amides is 1. The van der Waals surface area contributed by atoms with Gasteiger partial charge >= 0.3 is 0 Å². The smallest absolute Gasteiger partial charge is 0.250 e. The number of thioether (sulfide) groups is 1. The lowest BCUT2D eigenvalue weighted by Gasteiger charge is -1.96. The van der Waals surface area contributed by atoms with Gasteiger partial charge in [0, 0.05) is 11.8 Å². The number of nitrogens with one attached hydrogen (secondary N) is 1. The molecule has 2 aromatic rings. The van der Waals surface area contributed by atoms with Crippen molar-refractivity contribution in [2.45, 2.75) is 17.0 Å². The van der Waals surface area contributed by atoms with Gasteiger partial charge in [0.25, 0.3) is 0 Å². The minimum atomic E-state index is -0.205. The highest BCUT2D eigenvalue weighted by atomic mass is 32.2. The van der Waals surface area contributed by atoms with Crippen LogP contribution in [-0.2, 0) is 10.5 Å². The van der Waals surface area contributed by atoms with Crippen LogP contribution in [0.2, 0.25) is 0 Å². The van der Waals surface area contributed by atoms with Crippen molar-refractivity contribution in [3.63, 3.8) is 0 Å². The largest absolute Gasteiger partial charge is 0.297 e. The number of benzene rings is 1. The summed E-state index contributed by atoms with van der Waals surface area (Å²) >= 11 is 2.98. The molecule has 0 atom stereocenters. The molecular formula is C15H15N3OS2. The Morgan fingerprint density at radius 1 is 1.29 bits per heavy atom. The van der Waals surface area contributed by atoms with E-state index in [1.54, 1.807) is 23.9 Å². The van der Waals surface area contributed by atoms with E-state index in [4.69, 9.17) is 0 Å². The molecule has 108 valence electrons. The quantitative estimate of drug-likeness (QED) is 0.380. The summed E-state index contributed by atoms with van der Waals surface area (Å²) in [7, 11) is 0. The maximum absolute atomic E-state index is 11.6. The van der Waals surface area contributed by atoms with Crippen molar-refractivity contribution < 1.29 is 4.79 Å². The van der Waals surface area contributed by atoms with Crippen molar-refractivity contribution >= 4 is 34.1 Å². The summed E-state index contributed by atoms with van der Waals surface area (Å²) in [6.45, 7) is 1.89. The fraction of sp³-hybridized carbons (Fsp3) is 0.133. The van der Waals surface area contributed by atoms with E-state index in [2.05, 4.69) is 27.6 Å². The van der Waals surface area contributed by atoms with Crippen molar-refractivity contribution in [1.82, 2.24) is 10.2 Å². The van der Waals surface area contributed by atoms with E-state index in [1.807, 2.05) is 31.2 Å². The van der Waals surface area contributed by atoms with Crippen LogP contribution in [0.15, 0.2) is 59.0 Å². The van der Waals surface area contributed by atoms with Crippen LogP contribution >= 0.6 is 23.1 Å². The molecule has 0 aliphatic rings. The zero-order valence-electron chi connectivity index (χ0n) is 11.5. The molecule has 1 aromatic heterocycles. The number of hydrogen-bond acceptors (Lipinski definition) is 5. The summed E-state index contributed by atoms with van der Waals surface area (Å²) in [6, 6.07) is 10.2. The first kappa shape index (κ1) is 15.5. The molecule has 1 amide bonds. The second kappa shape index (κ2) is 8.39. The van der Waals surface area contributed by atoms with Gasteiger partial charge in [-0.15, -0.1) is 10.2 Å². The summed E-state index contributed by atoms with van der Waals surface area (Å²) in [6.07, 6.45) is 6.79. The molecule has 0 spiro atoms. The normalized spacial score (nSPS) is 11.3. The highest BCUT2D eigenvalue weighted by Gasteiger charge is 2.06. The van der Waals surface area contributed by atoms with Crippen molar-refractivity contribution in [3.05, 3.63) is 60.2 Å². The molecule has 6 heteroatoms. The molecule has 0 bridgehead atoms. The van der Waals surface area contributed by atoms with E-state index in [9.17, 15) is 4.79 Å². The van der Waals surface area contributed by atoms with E-state index in [-0.39, 0.29) is 5.91 Å². The lowest BCUT2D eigenvalue weighted by molar-refractivity contribution is -0.111. The molecule has 0 aliphatic carbocycles. The highest BCUT2D eigenvalue weighted by molar-refractivity contribution is 8.00. The first-order valence-electron chi connectivity index (χ1n) is 6.38. The Morgan fingerprint density at radius 2 is 2.10 bits per heavy atom. The molecule has 1 heterocycles. The number of rotatable bonds is 6. The fourth-order valence-corrected chi connectivity index (χ4v) is 3.15. The molecule has 0 radical (unpaired) electrons. The molecule has 4 nitrogen and oxygen atoms in total. The molecule has 0 saturated carbocycles. The number of carbonyl (C=O) groups is 1. The maximum atomic E-state index is 11.6. The minimum Gasteiger partial charge on any atom is -0.297 e. The van der Waals surface area contributed by atoms with Gasteiger partial charge in [0.1, 0.15) is 0 Å². The molecular weight excluding hydrogens is 302 g/mol. The van der Waals surface area contributed by atoms with Crippen LogP contribution in [0.5, 0.6) is 0 Å². The first-order chi connectivity index (χ1) is 10.3. The summed E-state index contributed by atoms with van der Waals surface area (Å²) in [5.41, 5.74) is 1.23. The second-order valence-corrected chi connectivity index (χ2v) is 6.22. The molecule has 1 N–H and O–H groups in total. The lowest BCUT2D eigenvalue weighted by atomic mass is 10.2. The molecule has 0 unspecified atom stereocenters. The molecule has 1 aromatic carbocycles. The van der Waals surface area contributed by atoms with Gasteiger partial charge in [-0.2, -0.15) is 0 Å². The van der Waals surface area contributed by atoms with Gasteiger partial charge in [0.05, 0.1) is 0 Å². The van der Waals surface area contributed by atoms with E-state index in [1.165, 1.54) is 23.0 Å². The third kappa shape index (κ3) is 5.53. The van der Waals surface area contributed by atoms with E-state index in [0.29, 0.717) is 5.13 Å². The third-order valence-corrected chi connectivity index (χ3v) is 4.44. The van der Waals surface area contributed by atoms with Crippen LogP contribution in [0.3, 0.4) is 0 Å². The number of aromatic nitrogens is 2. The third-order valence-electron chi connectivity index (χ3n) is 2.39. The average Bonchev–Trinajstić information content (AvgIpc) is 2.94. The van der Waals surface area contributed by atoms with Gasteiger partial charge in [-0.1, -0.05) is 71.7 Å². The number of hydrogen-bond donors (Lipinski definition) is 1. The predicted molar refractivity (Wildman–Crippen MR) is 88.5 cm³/mol. The summed E-state index contributed by atoms with van der Waals surface area (Å²) in [5, 5.41) is 11.2. The van der Waals surface area contributed by atoms with Crippen LogP contribution in [0.4, 0.5) is 5.13 Å². The second-order valence-electron chi connectivity index (χ2n) is 4.02. The Balaban J connectivity index is 1.85. The van der Waals surface area contributed by atoms with Crippen LogP contribution < -0.4 is 5.32 Å². The summed E-state index contributed by atoms with van der Waals surface area (Å²) < 4.78 is 0.839. The summed E-state index contributed by atoms with van der Waals surface area (Å²) in [5.74, 6) is 0.633. The number of anilines is 1. The van der Waals surface area contributed by atoms with Crippen LogP contribution in [0.25, 0.3) is 0 Å². The monoisotopic (exact) mass is 317 g/mol. The maximum Gasteiger partial charge on any atom is 0.250 e. The lowest BCUT2D eigenvalue weighted by Crippen LogP contribution is -2.07. The Morgan fingerprint density at radius 3 is 2.86 bits per heavy atom. The molecule has 21 heavy (non-hydrogen) atoms. The molecule has 0 saturated heterocycles. The predicted octanol–water partition coefficient (Wildman–Crippen LogP) is 3.90. The zero-order chi connectivity index (χ0) is 14.9. The Bertz CT molecular complexity index is 635. The Hall–Kier alpha value is -1.92. The highest BCUT2D eigenvalue weighted by Crippen LogP contribution is 2.28. The summed E-state index contributed by atoms with van der Waals surface area (Å²) in [4.78, 5) is 11.6. The van der Waals surface area contributed by atoms with E-state index in [0.717, 1.165) is 10.1 Å². The Labute approximate surface area is 132 Å². The number of nitrogens with zero attached hydrogens (tertiary/aromatic N) is 2. The van der Waals surface area contributed by atoms with Crippen molar-refractivity contribution in [1.29, 1.82) is 0 Å². The van der Waals surface area contributed by atoms with Gasteiger partial charge in [-0.25, -0.2) is 0 Å². The molecule has 0 aliphatic heterocycles. The number of allylic oxidation sites excluding steroid dienone is 3.